The van der Waals surface area contributed by atoms with Crippen LogP contribution in [0.4, 0.5) is 5.69 Å². The number of rotatable bonds is 4. The Kier molecular flexibility index (Phi) is 3.08. The van der Waals surface area contributed by atoms with Crippen LogP contribution in [0.2, 0.25) is 0 Å². The molecule has 0 amide bonds. The predicted octanol–water partition coefficient (Wildman–Crippen LogP) is 1.60. The topological polar surface area (TPSA) is 66.0 Å². The number of aromatic nitrogens is 1. The Hall–Kier alpha value is -1.58. The third-order valence-electron chi connectivity index (χ3n) is 3.22. The van der Waals surface area contributed by atoms with Crippen LogP contribution in [-0.2, 0) is 0 Å². The smallest absolute Gasteiger partial charge is 0.141 e. The van der Waals surface area contributed by atoms with Gasteiger partial charge < -0.3 is 10.6 Å². The molecular weight excluding hydrogens is 200 g/mol. The number of anilines is 1. The fourth-order valence-electron chi connectivity index (χ4n) is 1.94. The highest BCUT2D eigenvalue weighted by Gasteiger charge is 2.19. The van der Waals surface area contributed by atoms with Gasteiger partial charge in [-0.3, -0.25) is 10.4 Å². The average Bonchev–Trinajstić information content (AvgIpc) is 2.23. The van der Waals surface area contributed by atoms with Crippen molar-refractivity contribution >= 4 is 11.5 Å². The van der Waals surface area contributed by atoms with Gasteiger partial charge in [0.15, 0.2) is 0 Å². The number of pyridine rings is 1. The molecule has 1 aromatic heterocycles. The minimum Gasteiger partial charge on any atom is -0.382 e. The first-order valence-corrected chi connectivity index (χ1v) is 5.68. The van der Waals surface area contributed by atoms with Crippen LogP contribution < -0.4 is 10.6 Å². The maximum Gasteiger partial charge on any atom is 0.141 e. The molecule has 2 rings (SSSR count). The number of amidine groups is 1. The summed E-state index contributed by atoms with van der Waals surface area (Å²) in [5, 5.41) is 7.27. The molecule has 0 bridgehead atoms. The summed E-state index contributed by atoms with van der Waals surface area (Å²) in [5.74, 6) is 0.866. The first kappa shape index (κ1) is 10.9. The molecule has 1 aromatic rings. The Labute approximate surface area is 96.0 Å². The molecular formula is C12H18N4. The van der Waals surface area contributed by atoms with Crippen molar-refractivity contribution < 1.29 is 0 Å². The van der Waals surface area contributed by atoms with Gasteiger partial charge in [-0.2, -0.15) is 0 Å². The Balaban J connectivity index is 1.99. The van der Waals surface area contributed by atoms with Gasteiger partial charge in [0.1, 0.15) is 11.5 Å². The van der Waals surface area contributed by atoms with Gasteiger partial charge in [-0.1, -0.05) is 6.42 Å². The van der Waals surface area contributed by atoms with Crippen LogP contribution in [0.5, 0.6) is 0 Å². The first-order chi connectivity index (χ1) is 7.66. The van der Waals surface area contributed by atoms with Crippen molar-refractivity contribution in [1.29, 1.82) is 5.41 Å². The minimum atomic E-state index is 0.0215. The number of nitrogen functional groups attached to an aromatic ring is 1. The van der Waals surface area contributed by atoms with Crippen LogP contribution in [0, 0.1) is 11.3 Å². The van der Waals surface area contributed by atoms with E-state index in [1.807, 2.05) is 6.07 Å². The van der Waals surface area contributed by atoms with Crippen LogP contribution >= 0.6 is 0 Å². The summed E-state index contributed by atoms with van der Waals surface area (Å²) in [4.78, 5) is 6.38. The minimum absolute atomic E-state index is 0.0215. The number of nitrogens with two attached hydrogens (primary N) is 1. The molecule has 0 radical (unpaired) electrons. The Morgan fingerprint density at radius 2 is 2.31 bits per heavy atom. The summed E-state index contributed by atoms with van der Waals surface area (Å²) >= 11 is 0. The van der Waals surface area contributed by atoms with Crippen LogP contribution in [0.15, 0.2) is 18.3 Å². The molecule has 86 valence electrons. The van der Waals surface area contributed by atoms with E-state index >= 15 is 0 Å². The largest absolute Gasteiger partial charge is 0.382 e. The third-order valence-corrected chi connectivity index (χ3v) is 3.22. The van der Waals surface area contributed by atoms with Crippen LogP contribution in [-0.4, -0.2) is 24.4 Å². The second kappa shape index (κ2) is 4.51. The molecule has 0 spiro atoms. The fraction of sp³-hybridized carbons (Fsp3) is 0.500. The Morgan fingerprint density at radius 1 is 1.56 bits per heavy atom. The Morgan fingerprint density at radius 3 is 2.75 bits per heavy atom. The summed E-state index contributed by atoms with van der Waals surface area (Å²) in [5.41, 5.74) is 7.00. The van der Waals surface area contributed by atoms with E-state index in [2.05, 4.69) is 16.9 Å². The van der Waals surface area contributed by atoms with Gasteiger partial charge in [-0.15, -0.1) is 0 Å². The molecule has 0 aliphatic heterocycles. The summed E-state index contributed by atoms with van der Waals surface area (Å²) in [6.45, 7) is 1.10. The van der Waals surface area contributed by atoms with Gasteiger partial charge in [0, 0.05) is 13.6 Å². The molecule has 1 aliphatic rings. The average molecular weight is 218 g/mol. The number of hydrogen-bond donors (Lipinski definition) is 2. The molecule has 0 aromatic carbocycles. The van der Waals surface area contributed by atoms with Gasteiger partial charge in [0.2, 0.25) is 0 Å². The molecule has 0 atom stereocenters. The van der Waals surface area contributed by atoms with Gasteiger partial charge in [0.25, 0.3) is 0 Å². The molecule has 4 heteroatoms. The van der Waals surface area contributed by atoms with E-state index in [4.69, 9.17) is 11.1 Å². The van der Waals surface area contributed by atoms with Crippen molar-refractivity contribution in [3.05, 3.63) is 24.0 Å². The molecule has 0 saturated heterocycles. The van der Waals surface area contributed by atoms with Crippen molar-refractivity contribution in [2.45, 2.75) is 19.3 Å². The lowest BCUT2D eigenvalue weighted by atomic mass is 9.85. The summed E-state index contributed by atoms with van der Waals surface area (Å²) < 4.78 is 0. The van der Waals surface area contributed by atoms with Crippen molar-refractivity contribution in [1.82, 2.24) is 4.98 Å². The summed E-state index contributed by atoms with van der Waals surface area (Å²) in [6, 6.07) is 3.78. The van der Waals surface area contributed by atoms with Crippen LogP contribution in [0.25, 0.3) is 0 Å². The SMILES string of the molecule is CN(CC1CCC1)c1ccc(C(=N)N)nc1. The molecule has 4 nitrogen and oxygen atoms in total. The van der Waals surface area contributed by atoms with E-state index < -0.39 is 0 Å². The molecule has 3 N–H and O–H groups in total. The summed E-state index contributed by atoms with van der Waals surface area (Å²) in [7, 11) is 2.09. The second-order valence-corrected chi connectivity index (χ2v) is 4.49. The fourth-order valence-corrected chi connectivity index (χ4v) is 1.94. The highest BCUT2D eigenvalue weighted by molar-refractivity contribution is 5.93. The van der Waals surface area contributed by atoms with Gasteiger partial charge >= 0.3 is 0 Å². The number of nitrogens with one attached hydrogen (secondary N) is 1. The zero-order valence-corrected chi connectivity index (χ0v) is 9.61. The quantitative estimate of drug-likeness (QED) is 0.596. The van der Waals surface area contributed by atoms with Crippen LogP contribution in [0.1, 0.15) is 25.0 Å². The molecule has 1 saturated carbocycles. The third kappa shape index (κ3) is 2.32. The zero-order chi connectivity index (χ0) is 11.5. The monoisotopic (exact) mass is 218 g/mol. The number of nitrogens with zero attached hydrogens (tertiary/aromatic N) is 2. The van der Waals surface area contributed by atoms with E-state index in [1.54, 1.807) is 12.3 Å². The normalized spacial score (nSPS) is 15.6. The van der Waals surface area contributed by atoms with Crippen molar-refractivity contribution in [2.75, 3.05) is 18.5 Å². The zero-order valence-electron chi connectivity index (χ0n) is 9.61. The van der Waals surface area contributed by atoms with E-state index in [0.29, 0.717) is 5.69 Å². The lowest BCUT2D eigenvalue weighted by Crippen LogP contribution is -2.29. The van der Waals surface area contributed by atoms with E-state index in [1.165, 1.54) is 19.3 Å². The van der Waals surface area contributed by atoms with Gasteiger partial charge in [-0.25, -0.2) is 0 Å². The maximum absolute atomic E-state index is 7.27. The highest BCUT2D eigenvalue weighted by Crippen LogP contribution is 2.28. The lowest BCUT2D eigenvalue weighted by molar-refractivity contribution is 0.321. The molecule has 16 heavy (non-hydrogen) atoms. The summed E-state index contributed by atoms with van der Waals surface area (Å²) in [6.07, 6.45) is 5.86. The standard InChI is InChI=1S/C12H18N4/c1-16(8-9-3-2-4-9)10-5-6-11(12(13)14)15-7-10/h5-7,9H,2-4,8H2,1H3,(H3,13,14). The van der Waals surface area contributed by atoms with E-state index in [9.17, 15) is 0 Å². The second-order valence-electron chi connectivity index (χ2n) is 4.49. The molecule has 1 heterocycles. The van der Waals surface area contributed by atoms with Crippen molar-refractivity contribution in [2.24, 2.45) is 11.7 Å². The van der Waals surface area contributed by atoms with Gasteiger partial charge in [0.05, 0.1) is 11.9 Å². The van der Waals surface area contributed by atoms with Crippen molar-refractivity contribution in [3.8, 4) is 0 Å². The highest BCUT2D eigenvalue weighted by atomic mass is 15.1. The van der Waals surface area contributed by atoms with Crippen molar-refractivity contribution in [3.63, 3.8) is 0 Å². The molecule has 0 unspecified atom stereocenters. The van der Waals surface area contributed by atoms with Gasteiger partial charge in [-0.05, 0) is 30.9 Å². The van der Waals surface area contributed by atoms with E-state index in [-0.39, 0.29) is 5.84 Å². The Bertz CT molecular complexity index is 367. The lowest BCUT2D eigenvalue weighted by Gasteiger charge is -2.31. The van der Waals surface area contributed by atoms with Crippen LogP contribution in [0.3, 0.4) is 0 Å². The molecule has 1 fully saturated rings. The number of hydrogen-bond acceptors (Lipinski definition) is 3. The van der Waals surface area contributed by atoms with E-state index in [0.717, 1.165) is 18.2 Å². The maximum atomic E-state index is 7.27. The molecule has 1 aliphatic carbocycles. The predicted molar refractivity (Wildman–Crippen MR) is 65.9 cm³/mol. The first-order valence-electron chi connectivity index (χ1n) is 5.68.